The fraction of sp³-hybridized carbons (Fsp3) is 0.562. The second kappa shape index (κ2) is 5.94. The summed E-state index contributed by atoms with van der Waals surface area (Å²) in [6.45, 7) is 4.39. The third-order valence-electron chi connectivity index (χ3n) is 4.27. The topological polar surface area (TPSA) is 49.6 Å². The molecule has 20 heavy (non-hydrogen) atoms. The quantitative estimate of drug-likeness (QED) is 0.894. The highest BCUT2D eigenvalue weighted by Gasteiger charge is 2.32. The third-order valence-corrected chi connectivity index (χ3v) is 4.27. The number of carbonyl (C=O) groups excluding carboxylic acids is 1. The number of nitrogens with two attached hydrogens (primary N) is 1. The van der Waals surface area contributed by atoms with Crippen LogP contribution in [0.4, 0.5) is 0 Å². The largest absolute Gasteiger partial charge is 0.336 e. The summed E-state index contributed by atoms with van der Waals surface area (Å²) < 4.78 is 0. The van der Waals surface area contributed by atoms with Crippen LogP contribution in [0.3, 0.4) is 0 Å². The standard InChI is InChI=1S/C16H23N3O/c17-7-6-13-2-1-3-14(12-13)16(20)19-10-8-18(9-11-19)15-4-5-15/h1-3,12,15H,4-11,17H2. The predicted octanol–water partition coefficient (Wildman–Crippen LogP) is 1.11. The Hall–Kier alpha value is -1.39. The maximum Gasteiger partial charge on any atom is 0.253 e. The van der Waals surface area contributed by atoms with Crippen LogP contribution in [0.25, 0.3) is 0 Å². The minimum atomic E-state index is 0.166. The molecular formula is C16H23N3O. The molecule has 4 heteroatoms. The van der Waals surface area contributed by atoms with E-state index < -0.39 is 0 Å². The van der Waals surface area contributed by atoms with Gasteiger partial charge in [-0.1, -0.05) is 12.1 Å². The second-order valence-corrected chi connectivity index (χ2v) is 5.80. The van der Waals surface area contributed by atoms with Crippen LogP contribution >= 0.6 is 0 Å². The number of amides is 1. The molecule has 0 aromatic heterocycles. The van der Waals surface area contributed by atoms with Gasteiger partial charge < -0.3 is 10.6 Å². The lowest BCUT2D eigenvalue weighted by Crippen LogP contribution is -2.49. The van der Waals surface area contributed by atoms with Gasteiger partial charge >= 0.3 is 0 Å². The molecule has 2 N–H and O–H groups in total. The van der Waals surface area contributed by atoms with Gasteiger partial charge in [0.15, 0.2) is 0 Å². The number of carbonyl (C=O) groups is 1. The van der Waals surface area contributed by atoms with Crippen LogP contribution in [0.15, 0.2) is 24.3 Å². The zero-order valence-corrected chi connectivity index (χ0v) is 11.9. The number of hydrogen-bond acceptors (Lipinski definition) is 3. The van der Waals surface area contributed by atoms with E-state index in [1.807, 2.05) is 29.2 Å². The van der Waals surface area contributed by atoms with Crippen LogP contribution in [-0.2, 0) is 6.42 Å². The van der Waals surface area contributed by atoms with Crippen molar-refractivity contribution in [3.63, 3.8) is 0 Å². The number of rotatable bonds is 4. The maximum absolute atomic E-state index is 12.5. The average molecular weight is 273 g/mol. The summed E-state index contributed by atoms with van der Waals surface area (Å²) in [6.07, 6.45) is 3.51. The molecule has 1 heterocycles. The van der Waals surface area contributed by atoms with Gasteiger partial charge in [0.05, 0.1) is 0 Å². The lowest BCUT2D eigenvalue weighted by Gasteiger charge is -2.34. The first kappa shape index (κ1) is 13.6. The minimum absolute atomic E-state index is 0.166. The molecule has 1 amide bonds. The van der Waals surface area contributed by atoms with Crippen LogP contribution < -0.4 is 5.73 Å². The SMILES string of the molecule is NCCc1cccc(C(=O)N2CCN(C3CC3)CC2)c1. The summed E-state index contributed by atoms with van der Waals surface area (Å²) in [7, 11) is 0. The van der Waals surface area contributed by atoms with Crippen molar-refractivity contribution in [1.29, 1.82) is 0 Å². The lowest BCUT2D eigenvalue weighted by molar-refractivity contribution is 0.0627. The Morgan fingerprint density at radius 3 is 2.60 bits per heavy atom. The van der Waals surface area contributed by atoms with Crippen LogP contribution in [0, 0.1) is 0 Å². The summed E-state index contributed by atoms with van der Waals surface area (Å²) in [4.78, 5) is 17.0. The number of piperazine rings is 1. The highest BCUT2D eigenvalue weighted by molar-refractivity contribution is 5.94. The van der Waals surface area contributed by atoms with Gasteiger partial charge in [0.25, 0.3) is 5.91 Å². The summed E-state index contributed by atoms with van der Waals surface area (Å²) in [6, 6.07) is 8.70. The van der Waals surface area contributed by atoms with Crippen LogP contribution in [0.1, 0.15) is 28.8 Å². The van der Waals surface area contributed by atoms with Gasteiger partial charge in [-0.05, 0) is 43.5 Å². The van der Waals surface area contributed by atoms with Crippen molar-refractivity contribution < 1.29 is 4.79 Å². The molecule has 1 saturated carbocycles. The number of nitrogens with zero attached hydrogens (tertiary/aromatic N) is 2. The fourth-order valence-corrected chi connectivity index (χ4v) is 2.94. The number of hydrogen-bond donors (Lipinski definition) is 1. The molecule has 2 aliphatic rings. The van der Waals surface area contributed by atoms with E-state index in [4.69, 9.17) is 5.73 Å². The van der Waals surface area contributed by atoms with Crippen LogP contribution in [0.2, 0.25) is 0 Å². The van der Waals surface area contributed by atoms with Crippen molar-refractivity contribution in [2.45, 2.75) is 25.3 Å². The Balaban J connectivity index is 1.62. The van der Waals surface area contributed by atoms with Crippen molar-refractivity contribution in [3.05, 3.63) is 35.4 Å². The lowest BCUT2D eigenvalue weighted by atomic mass is 10.1. The molecular weight excluding hydrogens is 250 g/mol. The van der Waals surface area contributed by atoms with Crippen molar-refractivity contribution >= 4 is 5.91 Å². The van der Waals surface area contributed by atoms with E-state index >= 15 is 0 Å². The van der Waals surface area contributed by atoms with E-state index in [1.54, 1.807) is 0 Å². The average Bonchev–Trinajstić information content (AvgIpc) is 3.32. The molecule has 1 saturated heterocycles. The van der Waals surface area contributed by atoms with Gasteiger partial charge in [0.1, 0.15) is 0 Å². The second-order valence-electron chi connectivity index (χ2n) is 5.80. The number of benzene rings is 1. The molecule has 1 aliphatic carbocycles. The molecule has 4 nitrogen and oxygen atoms in total. The molecule has 0 unspecified atom stereocenters. The maximum atomic E-state index is 12.5. The first-order valence-corrected chi connectivity index (χ1v) is 7.60. The Kier molecular flexibility index (Phi) is 4.03. The van der Waals surface area contributed by atoms with Crippen molar-refractivity contribution in [2.75, 3.05) is 32.7 Å². The molecule has 2 fully saturated rings. The van der Waals surface area contributed by atoms with Crippen LogP contribution in [0.5, 0.6) is 0 Å². The van der Waals surface area contributed by atoms with Gasteiger partial charge in [-0.25, -0.2) is 0 Å². The van der Waals surface area contributed by atoms with Gasteiger partial charge in [0.2, 0.25) is 0 Å². The van der Waals surface area contributed by atoms with E-state index in [0.29, 0.717) is 6.54 Å². The van der Waals surface area contributed by atoms with Gasteiger partial charge in [-0.3, -0.25) is 9.69 Å². The zero-order valence-electron chi connectivity index (χ0n) is 11.9. The van der Waals surface area contributed by atoms with Gasteiger partial charge in [-0.2, -0.15) is 0 Å². The van der Waals surface area contributed by atoms with Gasteiger partial charge in [0, 0.05) is 37.8 Å². The highest BCUT2D eigenvalue weighted by Crippen LogP contribution is 2.27. The first-order valence-electron chi connectivity index (χ1n) is 7.60. The first-order chi connectivity index (χ1) is 9.78. The molecule has 108 valence electrons. The van der Waals surface area contributed by atoms with Crippen molar-refractivity contribution in [3.8, 4) is 0 Å². The highest BCUT2D eigenvalue weighted by atomic mass is 16.2. The monoisotopic (exact) mass is 273 g/mol. The molecule has 1 aromatic rings. The molecule has 0 bridgehead atoms. The van der Waals surface area contributed by atoms with E-state index in [2.05, 4.69) is 4.90 Å². The summed E-state index contributed by atoms with van der Waals surface area (Å²) in [5.74, 6) is 0.166. The minimum Gasteiger partial charge on any atom is -0.336 e. The smallest absolute Gasteiger partial charge is 0.253 e. The van der Waals surface area contributed by atoms with Crippen molar-refractivity contribution in [1.82, 2.24) is 9.80 Å². The Morgan fingerprint density at radius 1 is 1.20 bits per heavy atom. The Labute approximate surface area is 120 Å². The van der Waals surface area contributed by atoms with E-state index in [9.17, 15) is 4.79 Å². The summed E-state index contributed by atoms with van der Waals surface area (Å²) in [5, 5.41) is 0. The van der Waals surface area contributed by atoms with E-state index in [-0.39, 0.29) is 5.91 Å². The molecule has 1 aromatic carbocycles. The zero-order chi connectivity index (χ0) is 13.9. The van der Waals surface area contributed by atoms with Gasteiger partial charge in [-0.15, -0.1) is 0 Å². The normalized spacial score (nSPS) is 20.1. The molecule has 0 radical (unpaired) electrons. The van der Waals surface area contributed by atoms with Crippen LogP contribution in [-0.4, -0.2) is 54.5 Å². The predicted molar refractivity (Wildman–Crippen MR) is 79.7 cm³/mol. The Bertz CT molecular complexity index is 476. The van der Waals surface area contributed by atoms with E-state index in [1.165, 1.54) is 12.8 Å². The summed E-state index contributed by atoms with van der Waals surface area (Å²) >= 11 is 0. The molecule has 1 aliphatic heterocycles. The van der Waals surface area contributed by atoms with Crippen molar-refractivity contribution in [2.24, 2.45) is 5.73 Å². The molecule has 0 spiro atoms. The summed E-state index contributed by atoms with van der Waals surface area (Å²) in [5.41, 5.74) is 7.53. The molecule has 0 atom stereocenters. The Morgan fingerprint density at radius 2 is 1.95 bits per heavy atom. The fourth-order valence-electron chi connectivity index (χ4n) is 2.94. The third kappa shape index (κ3) is 3.02. The van der Waals surface area contributed by atoms with E-state index in [0.717, 1.165) is 49.8 Å². The molecule has 3 rings (SSSR count).